The van der Waals surface area contributed by atoms with E-state index < -0.39 is 0 Å². The number of hydrogen-bond acceptors (Lipinski definition) is 3. The fraction of sp³-hybridized carbons (Fsp3) is 0.611. The Bertz CT molecular complexity index is 473. The van der Waals surface area contributed by atoms with E-state index in [2.05, 4.69) is 0 Å². The topological polar surface area (TPSA) is 38.8 Å². The molecule has 0 N–H and O–H groups in total. The Balaban J connectivity index is 2.63. The molecular weight excluding hydrogens is 314 g/mol. The lowest BCUT2D eigenvalue weighted by Crippen LogP contribution is -2.43. The number of rotatable bonds is 10. The summed E-state index contributed by atoms with van der Waals surface area (Å²) >= 11 is 5.98. The lowest BCUT2D eigenvalue weighted by Gasteiger charge is -2.30. The minimum absolute atomic E-state index is 0.101. The fourth-order valence-corrected chi connectivity index (χ4v) is 2.59. The highest BCUT2D eigenvalue weighted by molar-refractivity contribution is 6.30. The minimum Gasteiger partial charge on any atom is -0.351 e. The monoisotopic (exact) mass is 341 g/mol. The molecule has 0 heterocycles. The van der Waals surface area contributed by atoms with Gasteiger partial charge in [-0.3, -0.25) is 4.79 Å². The molecule has 1 aromatic rings. The number of aryl methyl sites for hydroxylation is 1. The van der Waals surface area contributed by atoms with E-state index in [1.807, 2.05) is 56.9 Å². The zero-order chi connectivity index (χ0) is 17.2. The van der Waals surface area contributed by atoms with Gasteiger partial charge >= 0.3 is 0 Å². The standard InChI is InChI=1S/C18H28ClNO3/c1-5-22-18(23-6-2)13-20(14(3)4)17(21)11-10-15-8-7-9-16(19)12-15/h7-9,12,14,18H,5-6,10-11,13H2,1-4H3. The highest BCUT2D eigenvalue weighted by Gasteiger charge is 2.21. The highest BCUT2D eigenvalue weighted by Crippen LogP contribution is 2.14. The molecule has 1 aromatic carbocycles. The third-order valence-electron chi connectivity index (χ3n) is 3.51. The lowest BCUT2D eigenvalue weighted by molar-refractivity contribution is -0.161. The van der Waals surface area contributed by atoms with Crippen molar-refractivity contribution in [1.82, 2.24) is 4.90 Å². The van der Waals surface area contributed by atoms with Crippen molar-refractivity contribution < 1.29 is 14.3 Å². The quantitative estimate of drug-likeness (QED) is 0.606. The summed E-state index contributed by atoms with van der Waals surface area (Å²) in [6, 6.07) is 7.73. The van der Waals surface area contributed by atoms with E-state index in [-0.39, 0.29) is 18.2 Å². The molecular formula is C18H28ClNO3. The second-order valence-corrected chi connectivity index (χ2v) is 6.05. The first kappa shape index (κ1) is 19.9. The molecule has 0 unspecified atom stereocenters. The molecule has 0 bridgehead atoms. The number of halogens is 1. The first-order chi connectivity index (χ1) is 11.0. The Labute approximate surface area is 144 Å². The van der Waals surface area contributed by atoms with Gasteiger partial charge in [-0.1, -0.05) is 23.7 Å². The van der Waals surface area contributed by atoms with Gasteiger partial charge in [-0.05, 0) is 51.8 Å². The Kier molecular flexibility index (Phi) is 9.22. The molecule has 5 heteroatoms. The summed E-state index contributed by atoms with van der Waals surface area (Å²) in [7, 11) is 0. The van der Waals surface area contributed by atoms with Crippen molar-refractivity contribution >= 4 is 17.5 Å². The maximum absolute atomic E-state index is 12.6. The van der Waals surface area contributed by atoms with E-state index in [4.69, 9.17) is 21.1 Å². The van der Waals surface area contributed by atoms with Crippen molar-refractivity contribution in [2.45, 2.75) is 52.9 Å². The predicted octanol–water partition coefficient (Wildman–Crippen LogP) is 3.91. The maximum atomic E-state index is 12.6. The maximum Gasteiger partial charge on any atom is 0.223 e. The number of carbonyl (C=O) groups excluding carboxylic acids is 1. The predicted molar refractivity (Wildman–Crippen MR) is 93.7 cm³/mol. The van der Waals surface area contributed by atoms with E-state index in [1.54, 1.807) is 0 Å². The van der Waals surface area contributed by atoms with Crippen LogP contribution in [0.25, 0.3) is 0 Å². The van der Waals surface area contributed by atoms with Crippen LogP contribution in [0.2, 0.25) is 5.02 Å². The summed E-state index contributed by atoms with van der Waals surface area (Å²) < 4.78 is 11.1. The van der Waals surface area contributed by atoms with Crippen molar-refractivity contribution in [3.05, 3.63) is 34.9 Å². The van der Waals surface area contributed by atoms with Gasteiger partial charge in [-0.2, -0.15) is 0 Å². The second-order valence-electron chi connectivity index (χ2n) is 5.61. The molecule has 0 aliphatic rings. The Hall–Kier alpha value is -1.10. The largest absolute Gasteiger partial charge is 0.351 e. The van der Waals surface area contributed by atoms with Gasteiger partial charge in [-0.15, -0.1) is 0 Å². The molecule has 1 rings (SSSR count). The molecule has 4 nitrogen and oxygen atoms in total. The molecule has 130 valence electrons. The van der Waals surface area contributed by atoms with Crippen molar-refractivity contribution in [2.24, 2.45) is 0 Å². The van der Waals surface area contributed by atoms with Crippen molar-refractivity contribution in [3.63, 3.8) is 0 Å². The van der Waals surface area contributed by atoms with E-state index in [9.17, 15) is 4.79 Å². The van der Waals surface area contributed by atoms with E-state index in [1.165, 1.54) is 0 Å². The summed E-state index contributed by atoms with van der Waals surface area (Å²) in [4.78, 5) is 14.4. The summed E-state index contributed by atoms with van der Waals surface area (Å²) in [5.74, 6) is 0.101. The van der Waals surface area contributed by atoms with Crippen LogP contribution in [0.4, 0.5) is 0 Å². The Morgan fingerprint density at radius 3 is 2.39 bits per heavy atom. The molecule has 0 saturated carbocycles. The van der Waals surface area contributed by atoms with Crippen LogP contribution in [0, 0.1) is 0 Å². The summed E-state index contributed by atoms with van der Waals surface area (Å²) in [5.41, 5.74) is 1.07. The van der Waals surface area contributed by atoms with Crippen molar-refractivity contribution in [1.29, 1.82) is 0 Å². The molecule has 0 aromatic heterocycles. The number of carbonyl (C=O) groups is 1. The normalized spacial score (nSPS) is 11.3. The highest BCUT2D eigenvalue weighted by atomic mass is 35.5. The van der Waals surface area contributed by atoms with Crippen LogP contribution in [-0.2, 0) is 20.7 Å². The Morgan fingerprint density at radius 2 is 1.87 bits per heavy atom. The summed E-state index contributed by atoms with van der Waals surface area (Å²) in [5, 5.41) is 0.698. The van der Waals surface area contributed by atoms with E-state index >= 15 is 0 Å². The summed E-state index contributed by atoms with van der Waals surface area (Å²) in [6.45, 7) is 9.44. The first-order valence-electron chi connectivity index (χ1n) is 8.25. The van der Waals surface area contributed by atoms with Crippen LogP contribution in [0.5, 0.6) is 0 Å². The smallest absolute Gasteiger partial charge is 0.223 e. The van der Waals surface area contributed by atoms with Crippen LogP contribution >= 0.6 is 11.6 Å². The zero-order valence-electron chi connectivity index (χ0n) is 14.5. The van der Waals surface area contributed by atoms with Gasteiger partial charge in [0.05, 0.1) is 6.54 Å². The minimum atomic E-state index is -0.373. The number of benzene rings is 1. The molecule has 0 atom stereocenters. The van der Waals surface area contributed by atoms with Crippen LogP contribution in [0.15, 0.2) is 24.3 Å². The molecule has 23 heavy (non-hydrogen) atoms. The van der Waals surface area contributed by atoms with Gasteiger partial charge in [0.25, 0.3) is 0 Å². The average Bonchev–Trinajstić information content (AvgIpc) is 2.50. The number of hydrogen-bond donors (Lipinski definition) is 0. The zero-order valence-corrected chi connectivity index (χ0v) is 15.3. The lowest BCUT2D eigenvalue weighted by atomic mass is 10.1. The molecule has 1 amide bonds. The molecule has 0 saturated heterocycles. The number of ether oxygens (including phenoxy) is 2. The van der Waals surface area contributed by atoms with Crippen LogP contribution in [0.1, 0.15) is 39.7 Å². The van der Waals surface area contributed by atoms with Gasteiger partial charge in [-0.25, -0.2) is 0 Å². The van der Waals surface area contributed by atoms with E-state index in [0.29, 0.717) is 37.6 Å². The SMILES string of the molecule is CCOC(CN(C(=O)CCc1cccc(Cl)c1)C(C)C)OCC. The first-order valence-corrected chi connectivity index (χ1v) is 8.62. The van der Waals surface area contributed by atoms with Gasteiger partial charge in [0.2, 0.25) is 5.91 Å². The van der Waals surface area contributed by atoms with Crippen molar-refractivity contribution in [3.8, 4) is 0 Å². The second kappa shape index (κ2) is 10.6. The van der Waals surface area contributed by atoms with Crippen LogP contribution in [0.3, 0.4) is 0 Å². The van der Waals surface area contributed by atoms with Crippen LogP contribution in [-0.4, -0.2) is 42.9 Å². The third kappa shape index (κ3) is 7.34. The number of amides is 1. The van der Waals surface area contributed by atoms with Crippen LogP contribution < -0.4 is 0 Å². The van der Waals surface area contributed by atoms with Gasteiger partial charge in [0.1, 0.15) is 0 Å². The Morgan fingerprint density at radius 1 is 1.22 bits per heavy atom. The molecule has 0 aliphatic heterocycles. The van der Waals surface area contributed by atoms with Crippen molar-refractivity contribution in [2.75, 3.05) is 19.8 Å². The fourth-order valence-electron chi connectivity index (χ4n) is 2.37. The van der Waals surface area contributed by atoms with Gasteiger partial charge < -0.3 is 14.4 Å². The third-order valence-corrected chi connectivity index (χ3v) is 3.75. The van der Waals surface area contributed by atoms with E-state index in [0.717, 1.165) is 5.56 Å². The van der Waals surface area contributed by atoms with Gasteiger partial charge in [0.15, 0.2) is 6.29 Å². The molecule has 0 radical (unpaired) electrons. The number of nitrogens with zero attached hydrogens (tertiary/aromatic N) is 1. The molecule has 0 spiro atoms. The molecule has 0 aliphatic carbocycles. The summed E-state index contributed by atoms with van der Waals surface area (Å²) in [6.07, 6.45) is 0.752. The van der Waals surface area contributed by atoms with Gasteiger partial charge in [0, 0.05) is 30.7 Å². The average molecular weight is 342 g/mol. The molecule has 0 fully saturated rings.